The fourth-order valence-electron chi connectivity index (χ4n) is 4.08. The maximum Gasteiger partial charge on any atom is 0.399 e. The van der Waals surface area contributed by atoms with Crippen LogP contribution >= 0.6 is 24.2 Å². The van der Waals surface area contributed by atoms with Gasteiger partial charge in [0, 0.05) is 29.9 Å². The summed E-state index contributed by atoms with van der Waals surface area (Å²) in [5.74, 6) is 0. The zero-order valence-electron chi connectivity index (χ0n) is 22.8. The number of hydrogen-bond acceptors (Lipinski definition) is 6. The van der Waals surface area contributed by atoms with Crippen LogP contribution < -0.4 is 4.90 Å². The van der Waals surface area contributed by atoms with Gasteiger partial charge in [-0.15, -0.1) is 0 Å². The SMILES string of the molecule is C=O.C=O.C=P(O)(O)C(F)(P)c1ccc(CN(Cc2ccc(C(F)(F)P(=O)(O)O)cc2)c2ccc3ccccc3c2)cc1. The molecule has 0 aliphatic carbocycles. The van der Waals surface area contributed by atoms with E-state index in [-0.39, 0.29) is 12.1 Å². The molecule has 0 fully saturated rings. The second-order valence-corrected chi connectivity index (χ2v) is 14.3. The average molecular weight is 655 g/mol. The molecule has 0 amide bonds. The van der Waals surface area contributed by atoms with Crippen molar-refractivity contribution < 1.29 is 46.9 Å². The Bertz CT molecular complexity index is 1530. The summed E-state index contributed by atoms with van der Waals surface area (Å²) in [5.41, 5.74) is -2.83. The Morgan fingerprint density at radius 3 is 1.58 bits per heavy atom. The molecule has 14 heteroatoms. The van der Waals surface area contributed by atoms with Crippen molar-refractivity contribution in [1.29, 1.82) is 0 Å². The largest absolute Gasteiger partial charge is 0.399 e. The first-order valence-corrected chi connectivity index (χ1v) is 16.3. The van der Waals surface area contributed by atoms with Crippen LogP contribution in [0.4, 0.5) is 18.9 Å². The minimum absolute atomic E-state index is 0.0448. The molecule has 0 saturated heterocycles. The number of carbonyl (C=O) groups excluding carboxylic acids is 2. The normalized spacial score (nSPS) is 13.1. The van der Waals surface area contributed by atoms with Gasteiger partial charge in [0.2, 0.25) is 5.15 Å². The smallest absolute Gasteiger partial charge is 0.363 e. The van der Waals surface area contributed by atoms with Crippen LogP contribution in [0.2, 0.25) is 0 Å². The molecule has 0 spiro atoms. The molecule has 43 heavy (non-hydrogen) atoms. The van der Waals surface area contributed by atoms with Crippen molar-refractivity contribution in [2.45, 2.75) is 23.9 Å². The van der Waals surface area contributed by atoms with E-state index in [2.05, 4.69) is 6.30 Å². The zero-order valence-corrected chi connectivity index (χ0v) is 25.7. The monoisotopic (exact) mass is 655 g/mol. The van der Waals surface area contributed by atoms with E-state index in [1.807, 2.05) is 70.2 Å². The predicted molar refractivity (Wildman–Crippen MR) is 168 cm³/mol. The third kappa shape index (κ3) is 8.49. The second kappa shape index (κ2) is 14.6. The molecule has 230 valence electrons. The molecule has 4 aromatic carbocycles. The van der Waals surface area contributed by atoms with Crippen molar-refractivity contribution in [3.05, 3.63) is 113 Å². The number of fused-ring (bicyclic) bond motifs is 1. The summed E-state index contributed by atoms with van der Waals surface area (Å²) in [5, 5.41) is -0.471. The van der Waals surface area contributed by atoms with Gasteiger partial charge in [0.05, 0.1) is 0 Å². The van der Waals surface area contributed by atoms with E-state index in [4.69, 9.17) is 19.4 Å². The molecule has 0 saturated carbocycles. The van der Waals surface area contributed by atoms with Crippen LogP contribution in [-0.4, -0.2) is 39.5 Å². The number of rotatable bonds is 9. The maximum absolute atomic E-state index is 15.0. The summed E-state index contributed by atoms with van der Waals surface area (Å²) in [4.78, 5) is 55.6. The Morgan fingerprint density at radius 2 is 1.14 bits per heavy atom. The van der Waals surface area contributed by atoms with Gasteiger partial charge in [-0.3, -0.25) is 4.57 Å². The number of alkyl halides is 3. The summed E-state index contributed by atoms with van der Waals surface area (Å²) >= 11 is 0. The van der Waals surface area contributed by atoms with Crippen molar-refractivity contribution in [2.75, 3.05) is 4.90 Å². The van der Waals surface area contributed by atoms with E-state index in [0.29, 0.717) is 12.1 Å². The number of hydrogen-bond donors (Lipinski definition) is 4. The van der Waals surface area contributed by atoms with Gasteiger partial charge in [0.25, 0.3) is 0 Å². The van der Waals surface area contributed by atoms with Gasteiger partial charge in [-0.05, 0) is 40.3 Å². The van der Waals surface area contributed by atoms with Crippen LogP contribution in [0.3, 0.4) is 0 Å². The van der Waals surface area contributed by atoms with Gasteiger partial charge in [-0.1, -0.05) is 88.1 Å². The van der Waals surface area contributed by atoms with Gasteiger partial charge >= 0.3 is 13.3 Å². The lowest BCUT2D eigenvalue weighted by Crippen LogP contribution is -2.22. The Balaban J connectivity index is 0.00000155. The summed E-state index contributed by atoms with van der Waals surface area (Å²) in [6.45, 7) is 4.59. The molecule has 4 N–H and O–H groups in total. The third-order valence-corrected chi connectivity index (χ3v) is 10.3. The standard InChI is InChI=1S/C27H27F3NO5P3.2CH2O/c1-38(32,33)27(30,37)24-13-8-20(9-14-24)18-31(25-15-10-21-4-2-3-5-22(21)16-25)17-19-6-11-23(12-7-19)26(28,29)39(34,35)36;2*1-2/h2-16,32-33H,1,17-18,37H2,(H2,34,35,36);2*1H2. The Hall–Kier alpha value is -3.13. The highest BCUT2D eigenvalue weighted by atomic mass is 31.2. The Labute approximate surface area is 249 Å². The van der Waals surface area contributed by atoms with Gasteiger partial charge in [0.15, 0.2) is 7.34 Å². The summed E-state index contributed by atoms with van der Waals surface area (Å²) in [6.07, 6.45) is 3.16. The first-order valence-electron chi connectivity index (χ1n) is 12.2. The molecule has 2 unspecified atom stereocenters. The molecule has 0 heterocycles. The molecule has 0 bridgehead atoms. The molecule has 0 aliphatic rings. The number of benzene rings is 4. The van der Waals surface area contributed by atoms with Crippen LogP contribution in [0.15, 0.2) is 91.0 Å². The van der Waals surface area contributed by atoms with Crippen LogP contribution in [0.25, 0.3) is 10.8 Å². The van der Waals surface area contributed by atoms with Gasteiger partial charge in [-0.2, -0.15) is 8.78 Å². The Kier molecular flexibility index (Phi) is 12.2. The molecular formula is C29H31F3NO7P3. The number of halogens is 3. The first kappa shape index (κ1) is 36.1. The van der Waals surface area contributed by atoms with Gasteiger partial charge < -0.3 is 34.1 Å². The molecule has 0 aliphatic heterocycles. The maximum atomic E-state index is 15.0. The van der Waals surface area contributed by atoms with E-state index in [1.165, 1.54) is 24.3 Å². The molecule has 0 radical (unpaired) electrons. The van der Waals surface area contributed by atoms with Gasteiger partial charge in [-0.25, -0.2) is 4.39 Å². The predicted octanol–water partition coefficient (Wildman–Crippen LogP) is 6.12. The van der Waals surface area contributed by atoms with Crippen molar-refractivity contribution in [2.24, 2.45) is 0 Å². The van der Waals surface area contributed by atoms with E-state index in [1.54, 1.807) is 12.1 Å². The van der Waals surface area contributed by atoms with Crippen molar-refractivity contribution in [1.82, 2.24) is 0 Å². The highest BCUT2D eigenvalue weighted by Gasteiger charge is 2.50. The van der Waals surface area contributed by atoms with Crippen molar-refractivity contribution in [3.63, 3.8) is 0 Å². The fraction of sp³-hybridized carbons (Fsp3) is 0.138. The van der Waals surface area contributed by atoms with Crippen molar-refractivity contribution in [3.8, 4) is 0 Å². The quantitative estimate of drug-likeness (QED) is 0.159. The lowest BCUT2D eigenvalue weighted by Gasteiger charge is -2.28. The van der Waals surface area contributed by atoms with Gasteiger partial charge in [0.1, 0.15) is 13.6 Å². The molecule has 4 rings (SSSR count). The Morgan fingerprint density at radius 1 is 0.698 bits per heavy atom. The van der Waals surface area contributed by atoms with E-state index in [0.717, 1.165) is 34.2 Å². The molecule has 2 atom stereocenters. The van der Waals surface area contributed by atoms with E-state index < -0.39 is 31.3 Å². The highest BCUT2D eigenvalue weighted by molar-refractivity contribution is 7.69. The molecule has 0 aromatic heterocycles. The average Bonchev–Trinajstić information content (AvgIpc) is 2.98. The lowest BCUT2D eigenvalue weighted by molar-refractivity contribution is -0.0987. The first-order chi connectivity index (χ1) is 20.1. The van der Waals surface area contributed by atoms with Crippen LogP contribution in [-0.2, 0) is 38.1 Å². The molecular weight excluding hydrogens is 624 g/mol. The second-order valence-electron chi connectivity index (χ2n) is 9.27. The minimum atomic E-state index is -5.68. The third-order valence-electron chi connectivity index (χ3n) is 6.39. The molecule has 8 nitrogen and oxygen atoms in total. The summed E-state index contributed by atoms with van der Waals surface area (Å²) in [7, 11) is -7.97. The lowest BCUT2D eigenvalue weighted by atomic mass is 10.1. The van der Waals surface area contributed by atoms with Crippen LogP contribution in [0.5, 0.6) is 0 Å². The van der Waals surface area contributed by atoms with E-state index in [9.17, 15) is 27.5 Å². The minimum Gasteiger partial charge on any atom is -0.363 e. The zero-order chi connectivity index (χ0) is 32.6. The summed E-state index contributed by atoms with van der Waals surface area (Å²) in [6, 6.07) is 24.6. The fourth-order valence-corrected chi connectivity index (χ4v) is 5.32. The number of anilines is 1. The van der Waals surface area contributed by atoms with E-state index >= 15 is 0 Å². The molecule has 4 aromatic rings. The topological polar surface area (TPSA) is 135 Å². The highest BCUT2D eigenvalue weighted by Crippen LogP contribution is 2.62. The number of carbonyl (C=O) groups is 2. The van der Waals surface area contributed by atoms with Crippen LogP contribution in [0, 0.1) is 0 Å². The van der Waals surface area contributed by atoms with Crippen LogP contribution in [0.1, 0.15) is 22.3 Å². The summed E-state index contributed by atoms with van der Waals surface area (Å²) < 4.78 is 54.4. The van der Waals surface area contributed by atoms with Crippen molar-refractivity contribution >= 4 is 60.5 Å². The number of nitrogens with zero attached hydrogens (tertiary/aromatic N) is 1.